The summed E-state index contributed by atoms with van der Waals surface area (Å²) in [6.07, 6.45) is 2.60. The molecule has 8 heteroatoms. The van der Waals surface area contributed by atoms with Crippen LogP contribution in [0.15, 0.2) is 30.0 Å². The quantitative estimate of drug-likeness (QED) is 0.778. The molecule has 0 atom stereocenters. The molecule has 1 amide bonds. The number of pyridine rings is 1. The minimum atomic E-state index is -1.07. The van der Waals surface area contributed by atoms with Gasteiger partial charge in [0.2, 0.25) is 0 Å². The molecule has 106 valence electrons. The molecule has 3 rings (SSSR count). The second-order valence-electron chi connectivity index (χ2n) is 4.06. The summed E-state index contributed by atoms with van der Waals surface area (Å²) in [5, 5.41) is 2.87. The summed E-state index contributed by atoms with van der Waals surface area (Å²) in [4.78, 5) is 19.9. The zero-order valence-electron chi connectivity index (χ0n) is 10.2. The number of aromatic nitrogens is 2. The number of hydrogen-bond donors (Lipinski definition) is 1. The lowest BCUT2D eigenvalue weighted by Crippen LogP contribution is -2.11. The summed E-state index contributed by atoms with van der Waals surface area (Å²) in [7, 11) is 0. The number of nitrogens with one attached hydrogen (secondary N) is 1. The highest BCUT2D eigenvalue weighted by Gasteiger charge is 2.16. The Bertz CT molecular complexity index is 839. The predicted molar refractivity (Wildman–Crippen MR) is 76.7 cm³/mol. The Morgan fingerprint density at radius 3 is 2.81 bits per heavy atom. The van der Waals surface area contributed by atoms with E-state index in [0.29, 0.717) is 4.88 Å². The Labute approximate surface area is 126 Å². The zero-order chi connectivity index (χ0) is 15.0. The lowest BCUT2D eigenvalue weighted by atomic mass is 10.2. The molecule has 2 heterocycles. The molecule has 0 saturated carbocycles. The van der Waals surface area contributed by atoms with Crippen molar-refractivity contribution in [2.75, 3.05) is 5.32 Å². The van der Waals surface area contributed by atoms with Gasteiger partial charge in [-0.05, 0) is 12.1 Å². The standard InChI is InChI=1S/C13H6ClF2N3OS/c14-10-6-1-2-7(15)11(16)12(6)18-3-8(10)19-13(20)9-4-17-5-21-9/h1-5H,(H,19,20). The van der Waals surface area contributed by atoms with E-state index in [4.69, 9.17) is 11.6 Å². The number of carbonyl (C=O) groups excluding carboxylic acids is 1. The van der Waals surface area contributed by atoms with Gasteiger partial charge in [-0.25, -0.2) is 8.78 Å². The van der Waals surface area contributed by atoms with Crippen molar-refractivity contribution < 1.29 is 13.6 Å². The van der Waals surface area contributed by atoms with Crippen LogP contribution in [0, 0.1) is 11.6 Å². The maximum atomic E-state index is 13.6. The van der Waals surface area contributed by atoms with Gasteiger partial charge in [0.05, 0.1) is 28.6 Å². The molecule has 0 spiro atoms. The van der Waals surface area contributed by atoms with Crippen molar-refractivity contribution >= 4 is 45.4 Å². The summed E-state index contributed by atoms with van der Waals surface area (Å²) in [5.74, 6) is -2.48. The molecule has 3 aromatic rings. The lowest BCUT2D eigenvalue weighted by molar-refractivity contribution is 0.103. The Hall–Kier alpha value is -2.12. The van der Waals surface area contributed by atoms with Crippen molar-refractivity contribution in [3.05, 3.63) is 51.6 Å². The van der Waals surface area contributed by atoms with Crippen LogP contribution >= 0.6 is 22.9 Å². The van der Waals surface area contributed by atoms with Gasteiger partial charge in [-0.15, -0.1) is 11.3 Å². The van der Waals surface area contributed by atoms with Gasteiger partial charge in [0.1, 0.15) is 10.4 Å². The zero-order valence-corrected chi connectivity index (χ0v) is 11.8. The van der Waals surface area contributed by atoms with Crippen molar-refractivity contribution in [2.45, 2.75) is 0 Å². The number of rotatable bonds is 2. The lowest BCUT2D eigenvalue weighted by Gasteiger charge is -2.08. The SMILES string of the molecule is O=C(Nc1cnc2c(F)c(F)ccc2c1Cl)c1cncs1. The summed E-state index contributed by atoms with van der Waals surface area (Å²) in [6.45, 7) is 0. The largest absolute Gasteiger partial charge is 0.319 e. The number of benzene rings is 1. The average Bonchev–Trinajstić information content (AvgIpc) is 3.00. The first kappa shape index (κ1) is 13.8. The average molecular weight is 326 g/mol. The molecule has 0 fully saturated rings. The minimum Gasteiger partial charge on any atom is -0.319 e. The van der Waals surface area contributed by atoms with Crippen LogP contribution in [0.1, 0.15) is 9.67 Å². The van der Waals surface area contributed by atoms with E-state index in [2.05, 4.69) is 15.3 Å². The Morgan fingerprint density at radius 1 is 1.29 bits per heavy atom. The van der Waals surface area contributed by atoms with Crippen LogP contribution in [-0.2, 0) is 0 Å². The molecular formula is C13H6ClF2N3OS. The highest BCUT2D eigenvalue weighted by molar-refractivity contribution is 7.11. The van der Waals surface area contributed by atoms with Gasteiger partial charge in [0, 0.05) is 5.39 Å². The van der Waals surface area contributed by atoms with E-state index in [1.54, 1.807) is 0 Å². The molecule has 21 heavy (non-hydrogen) atoms. The number of carbonyl (C=O) groups is 1. The fraction of sp³-hybridized carbons (Fsp3) is 0. The third kappa shape index (κ3) is 2.45. The molecule has 0 bridgehead atoms. The molecule has 0 aliphatic heterocycles. The highest BCUT2D eigenvalue weighted by atomic mass is 35.5. The van der Waals surface area contributed by atoms with Crippen LogP contribution in [0.25, 0.3) is 10.9 Å². The van der Waals surface area contributed by atoms with E-state index < -0.39 is 17.5 Å². The Kier molecular flexibility index (Phi) is 3.52. The van der Waals surface area contributed by atoms with Crippen molar-refractivity contribution in [1.82, 2.24) is 9.97 Å². The molecule has 0 aliphatic carbocycles. The van der Waals surface area contributed by atoms with Crippen molar-refractivity contribution in [3.63, 3.8) is 0 Å². The van der Waals surface area contributed by atoms with E-state index in [-0.39, 0.29) is 21.6 Å². The molecule has 1 aromatic carbocycles. The second-order valence-corrected chi connectivity index (χ2v) is 5.33. The maximum absolute atomic E-state index is 13.6. The molecule has 4 nitrogen and oxygen atoms in total. The van der Waals surface area contributed by atoms with Gasteiger partial charge < -0.3 is 5.32 Å². The van der Waals surface area contributed by atoms with Crippen LogP contribution in [0.4, 0.5) is 14.5 Å². The van der Waals surface area contributed by atoms with Crippen LogP contribution in [0.2, 0.25) is 5.02 Å². The van der Waals surface area contributed by atoms with Crippen LogP contribution in [0.3, 0.4) is 0 Å². The van der Waals surface area contributed by atoms with Crippen molar-refractivity contribution in [1.29, 1.82) is 0 Å². The Balaban J connectivity index is 2.03. The number of nitrogens with zero attached hydrogens (tertiary/aromatic N) is 2. The Morgan fingerprint density at radius 2 is 2.10 bits per heavy atom. The fourth-order valence-corrected chi connectivity index (χ4v) is 2.54. The van der Waals surface area contributed by atoms with E-state index >= 15 is 0 Å². The normalized spacial score (nSPS) is 10.8. The summed E-state index contributed by atoms with van der Waals surface area (Å²) in [6, 6.07) is 2.27. The van der Waals surface area contributed by atoms with E-state index in [0.717, 1.165) is 6.07 Å². The molecule has 0 aliphatic rings. The molecule has 0 radical (unpaired) electrons. The number of thiazole rings is 1. The van der Waals surface area contributed by atoms with Crippen molar-refractivity contribution in [3.8, 4) is 0 Å². The fourth-order valence-electron chi connectivity index (χ4n) is 1.77. The monoisotopic (exact) mass is 325 g/mol. The maximum Gasteiger partial charge on any atom is 0.267 e. The van der Waals surface area contributed by atoms with Gasteiger partial charge in [0.25, 0.3) is 5.91 Å². The number of hydrogen-bond acceptors (Lipinski definition) is 4. The van der Waals surface area contributed by atoms with E-state index in [1.165, 1.54) is 35.3 Å². The van der Waals surface area contributed by atoms with Gasteiger partial charge in [0.15, 0.2) is 11.6 Å². The topological polar surface area (TPSA) is 54.9 Å². The molecule has 0 saturated heterocycles. The van der Waals surface area contributed by atoms with E-state index in [1.807, 2.05) is 0 Å². The van der Waals surface area contributed by atoms with Crippen LogP contribution < -0.4 is 5.32 Å². The van der Waals surface area contributed by atoms with Gasteiger partial charge in [-0.3, -0.25) is 14.8 Å². The molecular weight excluding hydrogens is 320 g/mol. The molecule has 0 unspecified atom stereocenters. The number of halogens is 3. The third-order valence-electron chi connectivity index (χ3n) is 2.77. The van der Waals surface area contributed by atoms with E-state index in [9.17, 15) is 13.6 Å². The molecule has 1 N–H and O–H groups in total. The van der Waals surface area contributed by atoms with Crippen LogP contribution in [0.5, 0.6) is 0 Å². The first-order chi connectivity index (χ1) is 10.1. The smallest absolute Gasteiger partial charge is 0.267 e. The number of fused-ring (bicyclic) bond motifs is 1. The van der Waals surface area contributed by atoms with Crippen LogP contribution in [-0.4, -0.2) is 15.9 Å². The second kappa shape index (κ2) is 5.34. The molecule has 2 aromatic heterocycles. The van der Waals surface area contributed by atoms with Gasteiger partial charge in [-0.2, -0.15) is 0 Å². The number of amides is 1. The highest BCUT2D eigenvalue weighted by Crippen LogP contribution is 2.31. The van der Waals surface area contributed by atoms with Gasteiger partial charge >= 0.3 is 0 Å². The minimum absolute atomic E-state index is 0.0942. The summed E-state index contributed by atoms with van der Waals surface area (Å²) < 4.78 is 26.7. The third-order valence-corrected chi connectivity index (χ3v) is 3.95. The summed E-state index contributed by atoms with van der Waals surface area (Å²) in [5.41, 5.74) is 1.55. The predicted octanol–water partition coefficient (Wildman–Crippen LogP) is 3.88. The number of anilines is 1. The first-order valence-electron chi connectivity index (χ1n) is 5.70. The van der Waals surface area contributed by atoms with Gasteiger partial charge in [-0.1, -0.05) is 11.6 Å². The summed E-state index contributed by atoms with van der Waals surface area (Å²) >= 11 is 7.28. The van der Waals surface area contributed by atoms with Crippen molar-refractivity contribution in [2.24, 2.45) is 0 Å². The first-order valence-corrected chi connectivity index (χ1v) is 6.95.